The minimum atomic E-state index is -3.76. The largest absolute Gasteiger partial charge is 0.292 e. The standard InChI is InChI=1S/C7H4ClNO2S2/c8-6-3-1-2-4-7(6)13(10,11)9-5-12/h1-4H. The fraction of sp³-hybridized carbons (Fsp3) is 0. The molecule has 0 amide bonds. The summed E-state index contributed by atoms with van der Waals surface area (Å²) < 4.78 is 25.6. The Morgan fingerprint density at radius 2 is 2.00 bits per heavy atom. The molecule has 0 spiro atoms. The van der Waals surface area contributed by atoms with E-state index in [0.29, 0.717) is 0 Å². The number of sulfonamides is 1. The predicted molar refractivity (Wildman–Crippen MR) is 53.7 cm³/mol. The van der Waals surface area contributed by atoms with Crippen molar-refractivity contribution < 1.29 is 8.42 Å². The lowest BCUT2D eigenvalue weighted by Crippen LogP contribution is -1.96. The molecule has 0 radical (unpaired) electrons. The van der Waals surface area contributed by atoms with Gasteiger partial charge in [-0.25, -0.2) is 0 Å². The van der Waals surface area contributed by atoms with Crippen LogP contribution in [0.25, 0.3) is 0 Å². The first-order chi connectivity index (χ1) is 6.08. The van der Waals surface area contributed by atoms with E-state index in [2.05, 4.69) is 16.6 Å². The van der Waals surface area contributed by atoms with E-state index in [1.165, 1.54) is 12.1 Å². The van der Waals surface area contributed by atoms with E-state index < -0.39 is 10.0 Å². The predicted octanol–water partition coefficient (Wildman–Crippen LogP) is 2.13. The number of nitrogens with zero attached hydrogens (tertiary/aromatic N) is 1. The summed E-state index contributed by atoms with van der Waals surface area (Å²) in [7, 11) is -3.76. The number of halogens is 1. The number of benzene rings is 1. The van der Waals surface area contributed by atoms with Gasteiger partial charge in [0.05, 0.1) is 10.2 Å². The topological polar surface area (TPSA) is 46.5 Å². The molecule has 0 aromatic heterocycles. The first-order valence-electron chi connectivity index (χ1n) is 3.16. The highest BCUT2D eigenvalue weighted by Crippen LogP contribution is 2.21. The van der Waals surface area contributed by atoms with Crippen LogP contribution in [0.4, 0.5) is 0 Å². The van der Waals surface area contributed by atoms with Gasteiger partial charge in [0.15, 0.2) is 0 Å². The number of hydrogen-bond acceptors (Lipinski definition) is 3. The summed E-state index contributed by atoms with van der Waals surface area (Å²) >= 11 is 9.85. The van der Waals surface area contributed by atoms with Gasteiger partial charge in [0.2, 0.25) is 0 Å². The van der Waals surface area contributed by atoms with E-state index in [1.54, 1.807) is 17.3 Å². The first kappa shape index (κ1) is 10.3. The molecule has 0 fully saturated rings. The molecule has 0 unspecified atom stereocenters. The van der Waals surface area contributed by atoms with E-state index in [-0.39, 0.29) is 9.92 Å². The van der Waals surface area contributed by atoms with Crippen LogP contribution in [0.15, 0.2) is 33.6 Å². The average molecular weight is 234 g/mol. The second-order valence-corrected chi connectivity index (χ2v) is 4.25. The summed E-state index contributed by atoms with van der Waals surface area (Å²) in [6.45, 7) is 0. The Balaban J connectivity index is 3.39. The van der Waals surface area contributed by atoms with Crippen LogP contribution in [0.3, 0.4) is 0 Å². The summed E-state index contributed by atoms with van der Waals surface area (Å²) in [5.41, 5.74) is 0. The molecule has 0 saturated heterocycles. The fourth-order valence-corrected chi connectivity index (χ4v) is 2.24. The highest BCUT2D eigenvalue weighted by molar-refractivity contribution is 7.91. The van der Waals surface area contributed by atoms with Gasteiger partial charge in [0.1, 0.15) is 4.90 Å². The van der Waals surface area contributed by atoms with Gasteiger partial charge in [-0.3, -0.25) is 0 Å². The van der Waals surface area contributed by atoms with Crippen molar-refractivity contribution in [3.05, 3.63) is 29.3 Å². The fourth-order valence-electron chi connectivity index (χ4n) is 0.752. The summed E-state index contributed by atoms with van der Waals surface area (Å²) in [6, 6.07) is 6.00. The van der Waals surface area contributed by atoms with Crippen molar-refractivity contribution in [3.63, 3.8) is 0 Å². The van der Waals surface area contributed by atoms with Gasteiger partial charge in [-0.2, -0.15) is 8.42 Å². The van der Waals surface area contributed by atoms with Crippen LogP contribution in [0.5, 0.6) is 0 Å². The summed E-state index contributed by atoms with van der Waals surface area (Å²) in [5.74, 6) is 0. The van der Waals surface area contributed by atoms with E-state index in [4.69, 9.17) is 11.6 Å². The van der Waals surface area contributed by atoms with Crippen LogP contribution < -0.4 is 0 Å². The second kappa shape index (κ2) is 3.98. The molecule has 0 bridgehead atoms. The van der Waals surface area contributed by atoms with Crippen molar-refractivity contribution in [1.82, 2.24) is 0 Å². The third-order valence-corrected chi connectivity index (χ3v) is 3.16. The number of isothiocyanates is 1. The maximum Gasteiger partial charge on any atom is 0.292 e. The van der Waals surface area contributed by atoms with Gasteiger partial charge < -0.3 is 0 Å². The smallest absolute Gasteiger partial charge is 0.199 e. The summed E-state index contributed by atoms with van der Waals surface area (Å²) in [5, 5.41) is 1.92. The molecule has 0 N–H and O–H groups in total. The Bertz CT molecular complexity index is 463. The average Bonchev–Trinajstić information content (AvgIpc) is 2.04. The minimum absolute atomic E-state index is 0.0611. The Kier molecular flexibility index (Phi) is 3.17. The zero-order valence-corrected chi connectivity index (χ0v) is 8.66. The molecule has 0 aliphatic heterocycles. The zero-order valence-electron chi connectivity index (χ0n) is 6.27. The molecule has 0 saturated carbocycles. The Labute approximate surface area is 86.1 Å². The van der Waals surface area contributed by atoms with E-state index in [1.807, 2.05) is 0 Å². The van der Waals surface area contributed by atoms with Crippen LogP contribution in [-0.2, 0) is 10.0 Å². The van der Waals surface area contributed by atoms with E-state index in [9.17, 15) is 8.42 Å². The third kappa shape index (κ3) is 2.35. The highest BCUT2D eigenvalue weighted by Gasteiger charge is 2.14. The van der Waals surface area contributed by atoms with Gasteiger partial charge in [-0.1, -0.05) is 23.7 Å². The summed E-state index contributed by atoms with van der Waals surface area (Å²) in [6.07, 6.45) is 0. The molecule has 1 rings (SSSR count). The van der Waals surface area contributed by atoms with Crippen molar-refractivity contribution in [2.24, 2.45) is 4.40 Å². The molecular formula is C7H4ClNO2S2. The lowest BCUT2D eigenvalue weighted by molar-refractivity contribution is 0.598. The van der Waals surface area contributed by atoms with Crippen LogP contribution in [0.1, 0.15) is 0 Å². The molecule has 68 valence electrons. The first-order valence-corrected chi connectivity index (χ1v) is 5.39. The van der Waals surface area contributed by atoms with E-state index in [0.717, 1.165) is 0 Å². The van der Waals surface area contributed by atoms with Gasteiger partial charge >= 0.3 is 0 Å². The summed E-state index contributed by atoms with van der Waals surface area (Å²) in [4.78, 5) is -0.0611. The lowest BCUT2D eigenvalue weighted by atomic mass is 10.4. The van der Waals surface area contributed by atoms with Crippen LogP contribution in [0, 0.1) is 0 Å². The number of hydrogen-bond donors (Lipinski definition) is 0. The Hall–Kier alpha value is -0.740. The molecular weight excluding hydrogens is 230 g/mol. The van der Waals surface area contributed by atoms with Gasteiger partial charge in [0, 0.05) is 0 Å². The number of thiocarbonyl (C=S) groups is 1. The molecule has 0 atom stereocenters. The third-order valence-electron chi connectivity index (χ3n) is 1.27. The van der Waals surface area contributed by atoms with E-state index >= 15 is 0 Å². The SMILES string of the molecule is O=S(=O)(N=C=S)c1ccccc1Cl. The molecule has 1 aromatic rings. The molecule has 13 heavy (non-hydrogen) atoms. The van der Waals surface area contributed by atoms with Crippen molar-refractivity contribution in [1.29, 1.82) is 0 Å². The molecule has 0 aliphatic carbocycles. The minimum Gasteiger partial charge on any atom is -0.199 e. The van der Waals surface area contributed by atoms with Crippen LogP contribution in [0.2, 0.25) is 5.02 Å². The van der Waals surface area contributed by atoms with Gasteiger partial charge in [-0.05, 0) is 24.4 Å². The Morgan fingerprint density at radius 3 is 2.54 bits per heavy atom. The van der Waals surface area contributed by atoms with Crippen molar-refractivity contribution in [2.75, 3.05) is 0 Å². The van der Waals surface area contributed by atoms with Crippen molar-refractivity contribution in [2.45, 2.75) is 4.90 Å². The normalized spacial score (nSPS) is 10.5. The zero-order chi connectivity index (χ0) is 9.90. The lowest BCUT2D eigenvalue weighted by Gasteiger charge is -1.98. The molecule has 1 aromatic carbocycles. The van der Waals surface area contributed by atoms with Crippen LogP contribution in [-0.4, -0.2) is 13.6 Å². The molecule has 3 nitrogen and oxygen atoms in total. The van der Waals surface area contributed by atoms with Crippen LogP contribution >= 0.6 is 23.8 Å². The molecule has 6 heteroatoms. The second-order valence-electron chi connectivity index (χ2n) is 2.09. The highest BCUT2D eigenvalue weighted by atomic mass is 35.5. The maximum atomic E-state index is 11.3. The monoisotopic (exact) mass is 233 g/mol. The quantitative estimate of drug-likeness (QED) is 0.581. The van der Waals surface area contributed by atoms with Crippen molar-refractivity contribution in [3.8, 4) is 0 Å². The Morgan fingerprint density at radius 1 is 1.38 bits per heavy atom. The van der Waals surface area contributed by atoms with Crippen molar-refractivity contribution >= 4 is 39.0 Å². The molecule has 0 heterocycles. The maximum absolute atomic E-state index is 11.3. The van der Waals surface area contributed by atoms with Gasteiger partial charge in [0.25, 0.3) is 10.0 Å². The number of rotatable bonds is 2. The van der Waals surface area contributed by atoms with Gasteiger partial charge in [-0.15, -0.1) is 4.40 Å². The molecule has 0 aliphatic rings.